The van der Waals surface area contributed by atoms with Crippen LogP contribution in [0.4, 0.5) is 10.1 Å². The minimum atomic E-state index is -0.318. The van der Waals surface area contributed by atoms with Crippen LogP contribution in [0.1, 0.15) is 38.1 Å². The number of para-hydroxylation sites is 1. The number of amides is 1. The zero-order valence-corrected chi connectivity index (χ0v) is 19.9. The fourth-order valence-electron chi connectivity index (χ4n) is 4.15. The fraction of sp³-hybridized carbons (Fsp3) is 0.360. The Bertz CT molecular complexity index is 1140. The first-order valence-corrected chi connectivity index (χ1v) is 12.4. The van der Waals surface area contributed by atoms with Gasteiger partial charge in [-0.1, -0.05) is 36.4 Å². The highest BCUT2D eigenvalue weighted by atomic mass is 32.2. The molecule has 2 aromatic carbocycles. The first kappa shape index (κ1) is 23.9. The van der Waals surface area contributed by atoms with Crippen LogP contribution in [0.15, 0.2) is 59.8 Å². The molecule has 7 nitrogen and oxygen atoms in total. The molecule has 0 aliphatic carbocycles. The van der Waals surface area contributed by atoms with Gasteiger partial charge in [-0.05, 0) is 69.3 Å². The van der Waals surface area contributed by atoms with Gasteiger partial charge in [0.05, 0.1) is 17.9 Å². The Balaban J connectivity index is 1.59. The summed E-state index contributed by atoms with van der Waals surface area (Å²) in [5.74, 6) is 0.341. The summed E-state index contributed by atoms with van der Waals surface area (Å²) < 4.78 is 15.5. The van der Waals surface area contributed by atoms with Crippen LogP contribution in [0.3, 0.4) is 0 Å². The number of hydrogen-bond donors (Lipinski definition) is 0. The molecule has 0 saturated carbocycles. The van der Waals surface area contributed by atoms with Gasteiger partial charge in [-0.3, -0.25) is 19.2 Å². The van der Waals surface area contributed by atoms with Crippen LogP contribution in [0.2, 0.25) is 0 Å². The monoisotopic (exact) mass is 478 g/mol. The Morgan fingerprint density at radius 3 is 2.50 bits per heavy atom. The van der Waals surface area contributed by atoms with Crippen LogP contribution in [-0.4, -0.2) is 51.0 Å². The molecule has 1 atom stereocenters. The summed E-state index contributed by atoms with van der Waals surface area (Å²) in [6.45, 7) is 4.07. The predicted octanol–water partition coefficient (Wildman–Crippen LogP) is 4.60. The number of rotatable bonds is 8. The van der Waals surface area contributed by atoms with Gasteiger partial charge < -0.3 is 0 Å². The van der Waals surface area contributed by atoms with E-state index in [1.165, 1.54) is 35.2 Å². The molecule has 3 aromatic rings. The maximum atomic E-state index is 13.6. The number of likely N-dealkylation sites (tertiary alicyclic amines) is 1. The van der Waals surface area contributed by atoms with Crippen LogP contribution < -0.4 is 4.90 Å². The second kappa shape index (κ2) is 11.3. The first-order chi connectivity index (χ1) is 16.6. The van der Waals surface area contributed by atoms with Gasteiger partial charge in [-0.15, -0.1) is 10.2 Å². The Hall–Kier alpha value is -3.22. The summed E-state index contributed by atoms with van der Waals surface area (Å²) in [6, 6.07) is 17.5. The number of carbonyl (C=O) groups excluding carboxylic acids is 1. The average Bonchev–Trinajstić information content (AvgIpc) is 3.30. The molecule has 34 heavy (non-hydrogen) atoms. The Labute approximate surface area is 203 Å². The Morgan fingerprint density at radius 2 is 1.82 bits per heavy atom. The molecule has 0 bridgehead atoms. The standard InChI is InChI=1S/C25H27FN6OS/c1-19(30-15-6-3-7-16-30)24-28-29-25(32(24)22-12-10-20(26)11-13-22)34-18-23(33)31(17-14-27)21-8-4-2-5-9-21/h2,4-5,8-13,19H,3,6-7,15-18H2,1H3/t19-/m1/s1. The topological polar surface area (TPSA) is 78.0 Å². The van der Waals surface area contributed by atoms with Crippen molar-refractivity contribution in [2.24, 2.45) is 0 Å². The molecule has 9 heteroatoms. The van der Waals surface area contributed by atoms with Crippen molar-refractivity contribution >= 4 is 23.4 Å². The van der Waals surface area contributed by atoms with Crippen molar-refractivity contribution in [3.8, 4) is 11.8 Å². The zero-order valence-electron chi connectivity index (χ0n) is 19.1. The second-order valence-corrected chi connectivity index (χ2v) is 9.13. The molecular formula is C25H27FN6OS. The molecular weight excluding hydrogens is 451 g/mol. The lowest BCUT2D eigenvalue weighted by Gasteiger charge is -2.31. The smallest absolute Gasteiger partial charge is 0.238 e. The number of thioether (sulfide) groups is 1. The molecule has 0 N–H and O–H groups in total. The third-order valence-electron chi connectivity index (χ3n) is 5.98. The molecule has 1 fully saturated rings. The van der Waals surface area contributed by atoms with Crippen LogP contribution in [-0.2, 0) is 4.79 Å². The van der Waals surface area contributed by atoms with E-state index in [1.807, 2.05) is 22.8 Å². The average molecular weight is 479 g/mol. The van der Waals surface area contributed by atoms with Crippen LogP contribution in [0.5, 0.6) is 0 Å². The van der Waals surface area contributed by atoms with Crippen molar-refractivity contribution in [2.45, 2.75) is 37.4 Å². The predicted molar refractivity (Wildman–Crippen MR) is 130 cm³/mol. The number of aromatic nitrogens is 3. The molecule has 176 valence electrons. The van der Waals surface area contributed by atoms with Crippen molar-refractivity contribution < 1.29 is 9.18 Å². The fourth-order valence-corrected chi connectivity index (χ4v) is 4.99. The van der Waals surface area contributed by atoms with Gasteiger partial charge in [0.15, 0.2) is 11.0 Å². The van der Waals surface area contributed by atoms with Crippen molar-refractivity contribution in [3.05, 3.63) is 66.2 Å². The van der Waals surface area contributed by atoms with E-state index in [0.717, 1.165) is 37.4 Å². The van der Waals surface area contributed by atoms with Gasteiger partial charge in [0.25, 0.3) is 0 Å². The lowest BCUT2D eigenvalue weighted by atomic mass is 10.1. The summed E-state index contributed by atoms with van der Waals surface area (Å²) >= 11 is 1.26. The molecule has 1 aromatic heterocycles. The van der Waals surface area contributed by atoms with E-state index in [2.05, 4.69) is 28.1 Å². The lowest BCUT2D eigenvalue weighted by Crippen LogP contribution is -2.33. The molecule has 1 aliphatic rings. The van der Waals surface area contributed by atoms with E-state index >= 15 is 0 Å². The maximum Gasteiger partial charge on any atom is 0.238 e. The summed E-state index contributed by atoms with van der Waals surface area (Å²) in [6.07, 6.45) is 3.54. The number of nitrogens with zero attached hydrogens (tertiary/aromatic N) is 6. The van der Waals surface area contributed by atoms with E-state index in [4.69, 9.17) is 0 Å². The van der Waals surface area contributed by atoms with Gasteiger partial charge in [0, 0.05) is 11.4 Å². The molecule has 1 saturated heterocycles. The number of benzene rings is 2. The molecule has 1 amide bonds. The third kappa shape index (κ3) is 5.46. The van der Waals surface area contributed by atoms with Gasteiger partial charge in [0.2, 0.25) is 5.91 Å². The number of hydrogen-bond acceptors (Lipinski definition) is 6. The molecule has 4 rings (SSSR count). The number of carbonyl (C=O) groups is 1. The summed E-state index contributed by atoms with van der Waals surface area (Å²) in [7, 11) is 0. The molecule has 0 unspecified atom stereocenters. The molecule has 0 spiro atoms. The van der Waals surface area contributed by atoms with E-state index in [1.54, 1.807) is 24.3 Å². The lowest BCUT2D eigenvalue weighted by molar-refractivity contribution is -0.116. The molecule has 0 radical (unpaired) electrons. The van der Waals surface area contributed by atoms with Gasteiger partial charge in [-0.2, -0.15) is 5.26 Å². The summed E-state index contributed by atoms with van der Waals surface area (Å²) in [5.41, 5.74) is 1.42. The normalized spacial score (nSPS) is 15.0. The van der Waals surface area contributed by atoms with Gasteiger partial charge in [0.1, 0.15) is 12.4 Å². The summed E-state index contributed by atoms with van der Waals surface area (Å²) in [4.78, 5) is 16.9. The van der Waals surface area contributed by atoms with Gasteiger partial charge in [-0.25, -0.2) is 4.39 Å². The SMILES string of the molecule is C[C@H](c1nnc(SCC(=O)N(CC#N)c2ccccc2)n1-c1ccc(F)cc1)N1CCCCC1. The van der Waals surface area contributed by atoms with Gasteiger partial charge >= 0.3 is 0 Å². The number of anilines is 1. The summed E-state index contributed by atoms with van der Waals surface area (Å²) in [5, 5.41) is 18.7. The Kier molecular flexibility index (Phi) is 7.93. The van der Waals surface area contributed by atoms with Crippen molar-refractivity contribution in [3.63, 3.8) is 0 Å². The van der Waals surface area contributed by atoms with E-state index in [0.29, 0.717) is 10.8 Å². The van der Waals surface area contributed by atoms with Crippen molar-refractivity contribution in [2.75, 3.05) is 30.3 Å². The number of halogens is 1. The molecule has 1 aliphatic heterocycles. The highest BCUT2D eigenvalue weighted by Gasteiger charge is 2.26. The molecule has 2 heterocycles. The van der Waals surface area contributed by atoms with E-state index in [-0.39, 0.29) is 30.1 Å². The highest BCUT2D eigenvalue weighted by molar-refractivity contribution is 7.99. The van der Waals surface area contributed by atoms with Crippen LogP contribution in [0.25, 0.3) is 5.69 Å². The number of nitriles is 1. The minimum Gasteiger partial charge on any atom is -0.298 e. The second-order valence-electron chi connectivity index (χ2n) is 8.19. The van der Waals surface area contributed by atoms with Crippen LogP contribution in [0, 0.1) is 17.1 Å². The first-order valence-electron chi connectivity index (χ1n) is 11.4. The largest absolute Gasteiger partial charge is 0.298 e. The van der Waals surface area contributed by atoms with Crippen molar-refractivity contribution in [1.29, 1.82) is 5.26 Å². The third-order valence-corrected chi connectivity index (χ3v) is 6.89. The Morgan fingerprint density at radius 1 is 1.12 bits per heavy atom. The van der Waals surface area contributed by atoms with Crippen LogP contribution >= 0.6 is 11.8 Å². The van der Waals surface area contributed by atoms with E-state index < -0.39 is 0 Å². The maximum absolute atomic E-state index is 13.6. The quantitative estimate of drug-likeness (QED) is 0.348. The van der Waals surface area contributed by atoms with Crippen molar-refractivity contribution in [1.82, 2.24) is 19.7 Å². The zero-order chi connectivity index (χ0) is 23.9. The number of piperidine rings is 1. The minimum absolute atomic E-state index is 0.0299. The highest BCUT2D eigenvalue weighted by Crippen LogP contribution is 2.30. The van der Waals surface area contributed by atoms with E-state index in [9.17, 15) is 14.4 Å².